The first kappa shape index (κ1) is 15.5. The van der Waals surface area contributed by atoms with E-state index in [1.165, 1.54) is 0 Å². The molecule has 1 aromatic rings. The monoisotopic (exact) mass is 292 g/mol. The fourth-order valence-electron chi connectivity index (χ4n) is 1.06. The van der Waals surface area contributed by atoms with Crippen molar-refractivity contribution in [3.63, 3.8) is 0 Å². The second-order valence-corrected chi connectivity index (χ2v) is 3.51. The Morgan fingerprint density at radius 3 is 2.11 bits per heavy atom. The van der Waals surface area contributed by atoms with E-state index in [9.17, 15) is 30.7 Å². The van der Waals surface area contributed by atoms with Crippen LogP contribution in [0.1, 0.15) is 5.56 Å². The minimum absolute atomic E-state index is 0.0926. The van der Waals surface area contributed by atoms with Gasteiger partial charge in [-0.3, -0.25) is 0 Å². The van der Waals surface area contributed by atoms with Gasteiger partial charge in [0.1, 0.15) is 6.61 Å². The predicted octanol–water partition coefficient (Wildman–Crippen LogP) is 3.15. The highest BCUT2D eigenvalue weighted by atomic mass is 19.4. The Bertz CT molecular complexity index is 438. The number of aliphatic hydroxyl groups excluding tert-OH is 1. The van der Waals surface area contributed by atoms with Crippen molar-refractivity contribution >= 4 is 0 Å². The molecule has 0 aromatic heterocycles. The lowest BCUT2D eigenvalue weighted by molar-refractivity contribution is -0.210. The predicted molar refractivity (Wildman–Crippen MR) is 49.0 cm³/mol. The minimum Gasteiger partial charge on any atom is -0.487 e. The maximum atomic E-state index is 13.1. The normalized spacial score (nSPS) is 14.3. The van der Waals surface area contributed by atoms with Crippen molar-refractivity contribution in [2.45, 2.75) is 18.5 Å². The van der Waals surface area contributed by atoms with Gasteiger partial charge in [0.25, 0.3) is 0 Å². The third kappa shape index (κ3) is 4.27. The molecule has 0 radical (unpaired) electrons. The van der Waals surface area contributed by atoms with Crippen LogP contribution in [0.5, 0.6) is 5.75 Å². The van der Waals surface area contributed by atoms with E-state index in [1.54, 1.807) is 0 Å². The highest BCUT2D eigenvalue weighted by molar-refractivity contribution is 5.30. The van der Waals surface area contributed by atoms with Crippen LogP contribution in [0.15, 0.2) is 18.2 Å². The van der Waals surface area contributed by atoms with Gasteiger partial charge in [0, 0.05) is 0 Å². The molecule has 0 heterocycles. The lowest BCUT2D eigenvalue weighted by Gasteiger charge is -2.16. The standard InChI is InChI=1S/C10H7F7O2/c11-6-3-5(9(12,13)14)1-2-7(6)19-4-8(18)10(15,16)17/h1-3,8,18H,4H2. The fourth-order valence-corrected chi connectivity index (χ4v) is 1.06. The average molecular weight is 292 g/mol. The molecule has 0 fully saturated rings. The molecule has 1 N–H and O–H groups in total. The first-order valence-electron chi connectivity index (χ1n) is 4.76. The van der Waals surface area contributed by atoms with E-state index in [0.29, 0.717) is 12.1 Å². The Morgan fingerprint density at radius 2 is 1.68 bits per heavy atom. The summed E-state index contributed by atoms with van der Waals surface area (Å²) >= 11 is 0. The minimum atomic E-state index is -4.96. The third-order valence-electron chi connectivity index (χ3n) is 2.03. The van der Waals surface area contributed by atoms with Gasteiger partial charge in [-0.1, -0.05) is 0 Å². The zero-order chi connectivity index (χ0) is 14.8. The van der Waals surface area contributed by atoms with Crippen LogP contribution < -0.4 is 4.74 Å². The van der Waals surface area contributed by atoms with Crippen LogP contribution >= 0.6 is 0 Å². The van der Waals surface area contributed by atoms with Crippen molar-refractivity contribution in [2.75, 3.05) is 6.61 Å². The lowest BCUT2D eigenvalue weighted by Crippen LogP contribution is -2.34. The molecule has 108 valence electrons. The summed E-state index contributed by atoms with van der Waals surface area (Å²) in [6, 6.07) is 1.09. The van der Waals surface area contributed by atoms with Crippen LogP contribution in [0.2, 0.25) is 0 Å². The molecule has 0 spiro atoms. The summed E-state index contributed by atoms with van der Waals surface area (Å²) in [5, 5.41) is 8.57. The Labute approximate surface area is 102 Å². The molecule has 0 saturated carbocycles. The first-order valence-corrected chi connectivity index (χ1v) is 4.76. The molecule has 0 amide bonds. The highest BCUT2D eigenvalue weighted by Gasteiger charge is 2.39. The van der Waals surface area contributed by atoms with Gasteiger partial charge in [-0.05, 0) is 18.2 Å². The number of aliphatic hydroxyl groups is 1. The van der Waals surface area contributed by atoms with E-state index in [1.807, 2.05) is 0 Å². The molecular weight excluding hydrogens is 285 g/mol. The van der Waals surface area contributed by atoms with Gasteiger partial charge in [0.2, 0.25) is 0 Å². The molecule has 0 aliphatic rings. The fraction of sp³-hybridized carbons (Fsp3) is 0.400. The van der Waals surface area contributed by atoms with Crippen molar-refractivity contribution in [1.82, 2.24) is 0 Å². The number of benzene rings is 1. The van der Waals surface area contributed by atoms with Crippen molar-refractivity contribution < 1.29 is 40.6 Å². The Hall–Kier alpha value is -1.51. The van der Waals surface area contributed by atoms with Crippen molar-refractivity contribution in [2.24, 2.45) is 0 Å². The quantitative estimate of drug-likeness (QED) is 0.867. The summed E-state index contributed by atoms with van der Waals surface area (Å²) in [5.41, 5.74) is -1.30. The molecule has 0 aliphatic carbocycles. The molecule has 9 heteroatoms. The van der Waals surface area contributed by atoms with Gasteiger partial charge in [-0.25, -0.2) is 4.39 Å². The van der Waals surface area contributed by atoms with E-state index in [4.69, 9.17) is 5.11 Å². The van der Waals surface area contributed by atoms with Crippen LogP contribution in [0.3, 0.4) is 0 Å². The molecule has 1 atom stereocenters. The van der Waals surface area contributed by atoms with Crippen LogP contribution in [0.25, 0.3) is 0 Å². The maximum Gasteiger partial charge on any atom is 0.417 e. The summed E-state index contributed by atoms with van der Waals surface area (Å²) in [7, 11) is 0. The second-order valence-electron chi connectivity index (χ2n) is 3.51. The zero-order valence-corrected chi connectivity index (χ0v) is 9.02. The first-order chi connectivity index (χ1) is 8.51. The molecule has 0 bridgehead atoms. The Kier molecular flexibility index (Phi) is 4.28. The maximum absolute atomic E-state index is 13.1. The second kappa shape index (κ2) is 5.24. The zero-order valence-electron chi connectivity index (χ0n) is 9.02. The highest BCUT2D eigenvalue weighted by Crippen LogP contribution is 2.32. The summed E-state index contributed by atoms with van der Waals surface area (Å²) in [4.78, 5) is 0. The van der Waals surface area contributed by atoms with Crippen LogP contribution in [0, 0.1) is 5.82 Å². The van der Waals surface area contributed by atoms with Crippen LogP contribution in [-0.4, -0.2) is 24.0 Å². The lowest BCUT2D eigenvalue weighted by atomic mass is 10.2. The van der Waals surface area contributed by atoms with Gasteiger partial charge in [0.05, 0.1) is 5.56 Å². The Balaban J connectivity index is 2.77. The van der Waals surface area contributed by atoms with Crippen molar-refractivity contribution in [1.29, 1.82) is 0 Å². The van der Waals surface area contributed by atoms with Gasteiger partial charge >= 0.3 is 12.4 Å². The molecule has 1 aromatic carbocycles. The number of halogens is 7. The molecule has 19 heavy (non-hydrogen) atoms. The summed E-state index contributed by atoms with van der Waals surface area (Å²) in [6.45, 7) is -1.31. The van der Waals surface area contributed by atoms with E-state index < -0.39 is 42.2 Å². The molecular formula is C10H7F7O2. The van der Waals surface area contributed by atoms with Crippen LogP contribution in [-0.2, 0) is 6.18 Å². The summed E-state index contributed by atoms with van der Waals surface area (Å²) < 4.78 is 89.6. The van der Waals surface area contributed by atoms with Crippen LogP contribution in [0.4, 0.5) is 30.7 Å². The topological polar surface area (TPSA) is 29.5 Å². The molecule has 2 nitrogen and oxygen atoms in total. The summed E-state index contributed by atoms with van der Waals surface area (Å²) in [5.74, 6) is -2.28. The van der Waals surface area contributed by atoms with Gasteiger partial charge in [-0.15, -0.1) is 0 Å². The number of rotatable bonds is 3. The largest absolute Gasteiger partial charge is 0.487 e. The van der Waals surface area contributed by atoms with E-state index in [-0.39, 0.29) is 6.07 Å². The molecule has 1 unspecified atom stereocenters. The number of hydrogen-bond donors (Lipinski definition) is 1. The van der Waals surface area contributed by atoms with E-state index >= 15 is 0 Å². The third-order valence-corrected chi connectivity index (χ3v) is 2.03. The molecule has 0 aliphatic heterocycles. The van der Waals surface area contributed by atoms with E-state index in [2.05, 4.69) is 4.74 Å². The number of ether oxygens (including phenoxy) is 1. The molecule has 0 saturated heterocycles. The van der Waals surface area contributed by atoms with Gasteiger partial charge < -0.3 is 9.84 Å². The average Bonchev–Trinajstić information content (AvgIpc) is 2.24. The summed E-state index contributed by atoms with van der Waals surface area (Å²) in [6.07, 6.45) is -12.6. The number of alkyl halides is 6. The smallest absolute Gasteiger partial charge is 0.417 e. The van der Waals surface area contributed by atoms with Crippen molar-refractivity contribution in [3.8, 4) is 5.75 Å². The SMILES string of the molecule is OC(COc1ccc(C(F)(F)F)cc1F)C(F)(F)F. The van der Waals surface area contributed by atoms with Crippen molar-refractivity contribution in [3.05, 3.63) is 29.6 Å². The Morgan fingerprint density at radius 1 is 1.11 bits per heavy atom. The molecule has 1 rings (SSSR count). The van der Waals surface area contributed by atoms with E-state index in [0.717, 1.165) is 0 Å². The van der Waals surface area contributed by atoms with Gasteiger partial charge in [-0.2, -0.15) is 26.3 Å². The number of hydrogen-bond acceptors (Lipinski definition) is 2. The van der Waals surface area contributed by atoms with Gasteiger partial charge in [0.15, 0.2) is 17.7 Å².